The van der Waals surface area contributed by atoms with Gasteiger partial charge in [0.2, 0.25) is 0 Å². The molecule has 1 unspecified atom stereocenters. The highest BCUT2D eigenvalue weighted by Gasteiger charge is 2.53. The van der Waals surface area contributed by atoms with Gasteiger partial charge in [-0.25, -0.2) is 0 Å². The Morgan fingerprint density at radius 2 is 1.65 bits per heavy atom. The van der Waals surface area contributed by atoms with Gasteiger partial charge in [-0.15, -0.1) is 0 Å². The molecule has 0 saturated carbocycles. The molecule has 4 heterocycles. The van der Waals surface area contributed by atoms with E-state index in [4.69, 9.17) is 0 Å². The number of anilines is 1. The number of carbonyl (C=O) groups excluding carboxylic acids is 2. The molecule has 6 heteroatoms. The monoisotopic (exact) mass is 471 g/mol. The minimum atomic E-state index is -0.407. The predicted molar refractivity (Wildman–Crippen MR) is 138 cm³/mol. The van der Waals surface area contributed by atoms with E-state index in [-0.39, 0.29) is 17.2 Å². The van der Waals surface area contributed by atoms with Crippen LogP contribution < -0.4 is 4.90 Å². The van der Waals surface area contributed by atoms with Crippen LogP contribution in [0.3, 0.4) is 0 Å². The van der Waals surface area contributed by atoms with E-state index >= 15 is 0 Å². The van der Waals surface area contributed by atoms with E-state index in [1.807, 2.05) is 23.1 Å². The molecule has 6 rings (SSSR count). The van der Waals surface area contributed by atoms with Crippen LogP contribution in [-0.4, -0.2) is 40.5 Å². The van der Waals surface area contributed by atoms with E-state index in [0.29, 0.717) is 10.5 Å². The average molecular weight is 472 g/mol. The van der Waals surface area contributed by atoms with Gasteiger partial charge in [0.1, 0.15) is 0 Å². The zero-order chi connectivity index (χ0) is 23.7. The van der Waals surface area contributed by atoms with Crippen molar-refractivity contribution in [3.63, 3.8) is 0 Å². The number of benzene rings is 2. The molecule has 0 radical (unpaired) electrons. The Hall–Kier alpha value is -2.86. The van der Waals surface area contributed by atoms with Gasteiger partial charge in [-0.05, 0) is 62.4 Å². The van der Waals surface area contributed by atoms with Gasteiger partial charge >= 0.3 is 0 Å². The van der Waals surface area contributed by atoms with Crippen molar-refractivity contribution in [2.24, 2.45) is 4.99 Å². The summed E-state index contributed by atoms with van der Waals surface area (Å²) in [6.07, 6.45) is 4.25. The second kappa shape index (κ2) is 7.57. The van der Waals surface area contributed by atoms with Crippen LogP contribution in [0.2, 0.25) is 0 Å². The number of carbonyl (C=O) groups is 2. The zero-order valence-corrected chi connectivity index (χ0v) is 20.7. The van der Waals surface area contributed by atoms with Gasteiger partial charge in [-0.1, -0.05) is 55.5 Å². The summed E-state index contributed by atoms with van der Waals surface area (Å²) in [5.74, 6) is -0.358. The highest BCUT2D eigenvalue weighted by Crippen LogP contribution is 2.57. The fourth-order valence-electron chi connectivity index (χ4n) is 6.33. The topological polar surface area (TPSA) is 53.0 Å². The van der Waals surface area contributed by atoms with Crippen molar-refractivity contribution in [1.82, 2.24) is 4.90 Å². The molecule has 4 aliphatic heterocycles. The molecule has 5 nitrogen and oxygen atoms in total. The fraction of sp³-hybridized carbons (Fsp3) is 0.393. The number of piperidine rings is 1. The van der Waals surface area contributed by atoms with E-state index in [1.165, 1.54) is 23.7 Å². The number of amidine groups is 1. The molecular weight excluding hydrogens is 442 g/mol. The minimum absolute atomic E-state index is 0.0755. The summed E-state index contributed by atoms with van der Waals surface area (Å²) < 4.78 is 0. The number of hydrogen-bond acceptors (Lipinski definition) is 4. The Bertz CT molecular complexity index is 1270. The molecule has 34 heavy (non-hydrogen) atoms. The van der Waals surface area contributed by atoms with Crippen molar-refractivity contribution in [3.05, 3.63) is 70.1 Å². The predicted octanol–water partition coefficient (Wildman–Crippen LogP) is 5.35. The third-order valence-electron chi connectivity index (χ3n) is 7.78. The summed E-state index contributed by atoms with van der Waals surface area (Å²) in [4.78, 5) is 36.1. The Labute approximate surface area is 204 Å². The average Bonchev–Trinajstić information content (AvgIpc) is 3.35. The van der Waals surface area contributed by atoms with Crippen LogP contribution in [0.1, 0.15) is 63.1 Å². The largest absolute Gasteiger partial charge is 0.351 e. The number of hydrogen-bond donors (Lipinski definition) is 0. The molecule has 1 saturated heterocycles. The quantitative estimate of drug-likeness (QED) is 0.526. The van der Waals surface area contributed by atoms with Crippen molar-refractivity contribution in [3.8, 4) is 0 Å². The third-order valence-corrected chi connectivity index (χ3v) is 8.90. The summed E-state index contributed by atoms with van der Waals surface area (Å²) in [7, 11) is 0. The molecule has 0 N–H and O–H groups in total. The molecule has 2 aromatic carbocycles. The first-order valence-electron chi connectivity index (χ1n) is 12.2. The number of para-hydroxylation sites is 1. The molecule has 2 amide bonds. The van der Waals surface area contributed by atoms with E-state index in [0.717, 1.165) is 54.3 Å². The Morgan fingerprint density at radius 3 is 2.38 bits per heavy atom. The smallest absolute Gasteiger partial charge is 0.287 e. The number of nitrogens with zero attached hydrogens (tertiary/aromatic N) is 3. The van der Waals surface area contributed by atoms with E-state index < -0.39 is 5.54 Å². The standard InChI is InChI=1S/C28H29N3O2S/c1-27(2)17-28(3,18-11-6-4-7-12-18)20-14-10-13-19-21(25(33)31(27)22(19)20)23-24(32)29-26(34-23)30-15-8-5-9-16-30/h4,6-7,10-14H,5,8-9,15-17H2,1-3H3. The first-order valence-corrected chi connectivity index (χ1v) is 13.0. The van der Waals surface area contributed by atoms with E-state index in [9.17, 15) is 9.59 Å². The number of rotatable bonds is 1. The maximum Gasteiger partial charge on any atom is 0.287 e. The van der Waals surface area contributed by atoms with Gasteiger partial charge in [0.15, 0.2) is 5.17 Å². The lowest BCUT2D eigenvalue weighted by molar-refractivity contribution is -0.115. The second-order valence-electron chi connectivity index (χ2n) is 10.6. The minimum Gasteiger partial charge on any atom is -0.351 e. The molecule has 0 aliphatic carbocycles. The Balaban J connectivity index is 1.51. The zero-order valence-electron chi connectivity index (χ0n) is 19.9. The van der Waals surface area contributed by atoms with E-state index in [1.54, 1.807) is 0 Å². The third kappa shape index (κ3) is 3.04. The van der Waals surface area contributed by atoms with Crippen molar-refractivity contribution in [2.45, 2.75) is 57.4 Å². The van der Waals surface area contributed by atoms with Gasteiger partial charge in [-0.2, -0.15) is 4.99 Å². The van der Waals surface area contributed by atoms with Crippen LogP contribution in [0.25, 0.3) is 5.57 Å². The van der Waals surface area contributed by atoms with E-state index in [2.05, 4.69) is 61.0 Å². The summed E-state index contributed by atoms with van der Waals surface area (Å²) >= 11 is 1.38. The molecule has 0 aromatic heterocycles. The summed E-state index contributed by atoms with van der Waals surface area (Å²) in [5, 5.41) is 0.749. The molecule has 1 fully saturated rings. The maximum absolute atomic E-state index is 14.0. The second-order valence-corrected chi connectivity index (χ2v) is 11.6. The molecule has 1 atom stereocenters. The molecular formula is C28H29N3O2S. The highest BCUT2D eigenvalue weighted by molar-refractivity contribution is 8.18. The lowest BCUT2D eigenvalue weighted by Crippen LogP contribution is -2.54. The molecule has 4 aliphatic rings. The van der Waals surface area contributed by atoms with Gasteiger partial charge < -0.3 is 9.80 Å². The molecule has 174 valence electrons. The number of likely N-dealkylation sites (tertiary alicyclic amines) is 1. The lowest BCUT2D eigenvalue weighted by atomic mass is 9.65. The van der Waals surface area contributed by atoms with Crippen LogP contribution in [0.5, 0.6) is 0 Å². The Morgan fingerprint density at radius 1 is 0.912 bits per heavy atom. The summed E-state index contributed by atoms with van der Waals surface area (Å²) in [6.45, 7) is 8.40. The molecule has 2 aromatic rings. The molecule has 0 spiro atoms. The van der Waals surface area contributed by atoms with Gasteiger partial charge in [0.05, 0.1) is 16.2 Å². The van der Waals surface area contributed by atoms with Crippen molar-refractivity contribution in [2.75, 3.05) is 18.0 Å². The van der Waals surface area contributed by atoms with Crippen LogP contribution in [0, 0.1) is 0 Å². The highest BCUT2D eigenvalue weighted by atomic mass is 32.2. The number of aliphatic imine (C=N–C) groups is 1. The van der Waals surface area contributed by atoms with Crippen molar-refractivity contribution in [1.29, 1.82) is 0 Å². The summed E-state index contributed by atoms with van der Waals surface area (Å²) in [5.41, 5.74) is 4.08. The van der Waals surface area contributed by atoms with Gasteiger partial charge in [-0.3, -0.25) is 9.59 Å². The summed E-state index contributed by atoms with van der Waals surface area (Å²) in [6, 6.07) is 16.7. The van der Waals surface area contributed by atoms with Crippen LogP contribution in [-0.2, 0) is 15.0 Å². The van der Waals surface area contributed by atoms with Crippen molar-refractivity contribution < 1.29 is 9.59 Å². The normalized spacial score (nSPS) is 27.8. The van der Waals surface area contributed by atoms with Gasteiger partial charge in [0, 0.05) is 29.6 Å². The fourth-order valence-corrected chi connectivity index (χ4v) is 7.39. The van der Waals surface area contributed by atoms with Crippen LogP contribution in [0.4, 0.5) is 5.69 Å². The lowest BCUT2D eigenvalue weighted by Gasteiger charge is -2.49. The van der Waals surface area contributed by atoms with Crippen LogP contribution in [0.15, 0.2) is 58.4 Å². The van der Waals surface area contributed by atoms with Crippen LogP contribution >= 0.6 is 11.8 Å². The number of amides is 2. The maximum atomic E-state index is 14.0. The first-order chi connectivity index (χ1) is 16.3. The SMILES string of the molecule is CC1(c2ccccc2)CC(C)(C)N2C(=O)C(=C3SC(N4CCCCC4)=NC3=O)c3cccc1c32. The molecule has 0 bridgehead atoms. The van der Waals surface area contributed by atoms with Crippen molar-refractivity contribution >= 4 is 40.0 Å². The number of thioether (sulfide) groups is 1. The first kappa shape index (κ1) is 21.7. The Kier molecular flexibility index (Phi) is 4.82. The van der Waals surface area contributed by atoms with Gasteiger partial charge in [0.25, 0.3) is 11.8 Å².